The molecule has 4 nitrogen and oxygen atoms in total. The second kappa shape index (κ2) is 7.72. The number of nitrogens with zero attached hydrogens (tertiary/aromatic N) is 2. The molecule has 1 aliphatic carbocycles. The Labute approximate surface area is 166 Å². The van der Waals surface area contributed by atoms with E-state index in [2.05, 4.69) is 41.0 Å². The third-order valence-electron chi connectivity index (χ3n) is 5.99. The minimum absolute atomic E-state index is 0.0209. The number of hydrogen-bond acceptors (Lipinski definition) is 4. The minimum Gasteiger partial charge on any atom is -0.369 e. The summed E-state index contributed by atoms with van der Waals surface area (Å²) in [6.45, 7) is 9.37. The number of allylic oxidation sites excluding steroid dienone is 2. The van der Waals surface area contributed by atoms with Gasteiger partial charge in [0.15, 0.2) is 11.6 Å². The van der Waals surface area contributed by atoms with Crippen molar-refractivity contribution in [3.8, 4) is 0 Å². The van der Waals surface area contributed by atoms with Gasteiger partial charge in [-0.25, -0.2) is 0 Å². The topological polar surface area (TPSA) is 40.6 Å². The molecule has 0 amide bonds. The van der Waals surface area contributed by atoms with Crippen LogP contribution in [0.15, 0.2) is 59.7 Å². The Balaban J connectivity index is 1.51. The number of piperazine rings is 1. The van der Waals surface area contributed by atoms with Crippen LogP contribution in [0, 0.1) is 0 Å². The van der Waals surface area contributed by atoms with Crippen LogP contribution in [0.1, 0.15) is 40.1 Å². The quantitative estimate of drug-likeness (QED) is 0.817. The summed E-state index contributed by atoms with van der Waals surface area (Å²) in [6, 6.07) is 15.5. The van der Waals surface area contributed by atoms with Crippen LogP contribution in [0.3, 0.4) is 0 Å². The lowest BCUT2D eigenvalue weighted by molar-refractivity contribution is 0.0973. The Bertz CT molecular complexity index is 935. The Kier molecular flexibility index (Phi) is 5.14. The predicted molar refractivity (Wildman–Crippen MR) is 112 cm³/mol. The van der Waals surface area contributed by atoms with Gasteiger partial charge in [-0.15, -0.1) is 0 Å². The Morgan fingerprint density at radius 1 is 0.821 bits per heavy atom. The molecule has 1 heterocycles. The summed E-state index contributed by atoms with van der Waals surface area (Å²) in [5.74, 6) is -0.0527. The third kappa shape index (κ3) is 3.40. The summed E-state index contributed by atoms with van der Waals surface area (Å²) in [7, 11) is 0. The van der Waals surface area contributed by atoms with Gasteiger partial charge in [0.05, 0.1) is 0 Å². The van der Waals surface area contributed by atoms with Gasteiger partial charge in [-0.3, -0.25) is 9.59 Å². The molecule has 0 saturated carbocycles. The molecule has 1 aliphatic heterocycles. The van der Waals surface area contributed by atoms with Crippen molar-refractivity contribution in [1.82, 2.24) is 4.90 Å². The summed E-state index contributed by atoms with van der Waals surface area (Å²) >= 11 is 0. The maximum absolute atomic E-state index is 12.9. The van der Waals surface area contributed by atoms with E-state index in [9.17, 15) is 9.59 Å². The van der Waals surface area contributed by atoms with E-state index in [1.807, 2.05) is 6.07 Å². The standard InChI is InChI=1S/C24H26N2O2/c1-3-25-12-14-26(15-13-25)19-10-8-18(9-11-19)16-22-17(2)23(27)20-6-4-5-7-21(20)24(22)28/h4-11H,3,12-16H2,1-2H3. The normalized spacial score (nSPS) is 17.9. The zero-order valence-electron chi connectivity index (χ0n) is 16.6. The van der Waals surface area contributed by atoms with Crippen molar-refractivity contribution in [1.29, 1.82) is 0 Å². The van der Waals surface area contributed by atoms with Crippen LogP contribution < -0.4 is 4.90 Å². The monoisotopic (exact) mass is 374 g/mol. The van der Waals surface area contributed by atoms with Gasteiger partial charge in [0.25, 0.3) is 0 Å². The van der Waals surface area contributed by atoms with Crippen LogP contribution in [0.4, 0.5) is 5.69 Å². The lowest BCUT2D eigenvalue weighted by Gasteiger charge is -2.35. The molecule has 0 spiro atoms. The second-order valence-corrected chi connectivity index (χ2v) is 7.57. The van der Waals surface area contributed by atoms with Crippen molar-refractivity contribution in [2.75, 3.05) is 37.6 Å². The van der Waals surface area contributed by atoms with Gasteiger partial charge in [0.1, 0.15) is 0 Å². The van der Waals surface area contributed by atoms with Crippen molar-refractivity contribution < 1.29 is 9.59 Å². The first-order valence-corrected chi connectivity index (χ1v) is 10.0. The van der Waals surface area contributed by atoms with Crippen LogP contribution >= 0.6 is 0 Å². The smallest absolute Gasteiger partial charge is 0.190 e. The summed E-state index contributed by atoms with van der Waals surface area (Å²) in [4.78, 5) is 30.5. The molecule has 1 fully saturated rings. The number of hydrogen-bond donors (Lipinski definition) is 0. The summed E-state index contributed by atoms with van der Waals surface area (Å²) in [5, 5.41) is 0. The number of fused-ring (bicyclic) bond motifs is 1. The van der Waals surface area contributed by atoms with Crippen molar-refractivity contribution in [2.24, 2.45) is 0 Å². The Morgan fingerprint density at radius 3 is 2.04 bits per heavy atom. The number of benzene rings is 2. The molecule has 0 radical (unpaired) electrons. The van der Waals surface area contributed by atoms with E-state index in [1.165, 1.54) is 5.69 Å². The first-order chi connectivity index (χ1) is 13.6. The van der Waals surface area contributed by atoms with E-state index in [0.29, 0.717) is 28.7 Å². The van der Waals surface area contributed by atoms with Crippen molar-refractivity contribution in [2.45, 2.75) is 20.3 Å². The molecule has 0 atom stereocenters. The molecule has 0 N–H and O–H groups in total. The van der Waals surface area contributed by atoms with Crippen molar-refractivity contribution in [3.63, 3.8) is 0 Å². The minimum atomic E-state index is -0.0318. The van der Waals surface area contributed by atoms with Crippen molar-refractivity contribution >= 4 is 17.3 Å². The highest BCUT2D eigenvalue weighted by Gasteiger charge is 2.29. The van der Waals surface area contributed by atoms with E-state index in [0.717, 1.165) is 38.3 Å². The van der Waals surface area contributed by atoms with Crippen LogP contribution in [0.5, 0.6) is 0 Å². The summed E-state index contributed by atoms with van der Waals surface area (Å²) in [5.41, 5.74) is 4.53. The highest BCUT2D eigenvalue weighted by molar-refractivity contribution is 6.26. The number of rotatable bonds is 4. The summed E-state index contributed by atoms with van der Waals surface area (Å²) < 4.78 is 0. The number of carbonyl (C=O) groups excluding carboxylic acids is 2. The first-order valence-electron chi connectivity index (χ1n) is 10.0. The molecule has 2 aliphatic rings. The van der Waals surface area contributed by atoms with Crippen molar-refractivity contribution in [3.05, 3.63) is 76.4 Å². The van der Waals surface area contributed by atoms with Gasteiger partial charge in [-0.05, 0) is 31.2 Å². The van der Waals surface area contributed by atoms with E-state index in [-0.39, 0.29) is 11.6 Å². The molecular formula is C24H26N2O2. The zero-order valence-corrected chi connectivity index (χ0v) is 16.6. The molecule has 2 aromatic carbocycles. The summed E-state index contributed by atoms with van der Waals surface area (Å²) in [6.07, 6.45) is 0.495. The fourth-order valence-corrected chi connectivity index (χ4v) is 4.11. The molecule has 0 bridgehead atoms. The van der Waals surface area contributed by atoms with Gasteiger partial charge >= 0.3 is 0 Å². The van der Waals surface area contributed by atoms with Gasteiger partial charge in [0, 0.05) is 60.6 Å². The fourth-order valence-electron chi connectivity index (χ4n) is 4.11. The van der Waals surface area contributed by atoms with Crippen LogP contribution in [0.2, 0.25) is 0 Å². The van der Waals surface area contributed by atoms with E-state index >= 15 is 0 Å². The number of likely N-dealkylation sites (N-methyl/N-ethyl adjacent to an activating group) is 1. The SMILES string of the molecule is CCN1CCN(c2ccc(CC3=C(C)C(=O)c4ccccc4C3=O)cc2)CC1. The fraction of sp³-hybridized carbons (Fsp3) is 0.333. The lowest BCUT2D eigenvalue weighted by atomic mass is 9.82. The second-order valence-electron chi connectivity index (χ2n) is 7.57. The number of Topliss-reactive ketones (excluding diaryl/α,β-unsaturated/α-hetero) is 2. The number of carbonyl (C=O) groups is 2. The Hall–Kier alpha value is -2.72. The maximum atomic E-state index is 12.9. The van der Waals surface area contributed by atoms with E-state index < -0.39 is 0 Å². The third-order valence-corrected chi connectivity index (χ3v) is 5.99. The molecule has 4 heteroatoms. The van der Waals surface area contributed by atoms with Crippen LogP contribution in [0.25, 0.3) is 0 Å². The van der Waals surface area contributed by atoms with Crippen LogP contribution in [-0.2, 0) is 6.42 Å². The van der Waals surface area contributed by atoms with Gasteiger partial charge < -0.3 is 9.80 Å². The molecule has 2 aromatic rings. The van der Waals surface area contributed by atoms with Gasteiger partial charge in [0.2, 0.25) is 0 Å². The molecule has 0 aromatic heterocycles. The number of ketones is 2. The Morgan fingerprint density at radius 2 is 1.43 bits per heavy atom. The molecule has 1 saturated heterocycles. The highest BCUT2D eigenvalue weighted by Crippen LogP contribution is 2.28. The zero-order chi connectivity index (χ0) is 19.7. The predicted octanol–water partition coefficient (Wildman–Crippen LogP) is 3.77. The molecule has 28 heavy (non-hydrogen) atoms. The van der Waals surface area contributed by atoms with Gasteiger partial charge in [-0.2, -0.15) is 0 Å². The van der Waals surface area contributed by atoms with E-state index in [4.69, 9.17) is 0 Å². The van der Waals surface area contributed by atoms with Crippen LogP contribution in [-0.4, -0.2) is 49.2 Å². The molecular weight excluding hydrogens is 348 g/mol. The average Bonchev–Trinajstić information content (AvgIpc) is 2.76. The highest BCUT2D eigenvalue weighted by atomic mass is 16.1. The lowest BCUT2D eigenvalue weighted by Crippen LogP contribution is -2.46. The number of anilines is 1. The molecule has 4 rings (SSSR count). The largest absolute Gasteiger partial charge is 0.369 e. The maximum Gasteiger partial charge on any atom is 0.190 e. The molecule has 144 valence electrons. The molecule has 0 unspecified atom stereocenters. The van der Waals surface area contributed by atoms with E-state index in [1.54, 1.807) is 25.1 Å². The average molecular weight is 374 g/mol. The first kappa shape index (κ1) is 18.6. The van der Waals surface area contributed by atoms with Gasteiger partial charge in [-0.1, -0.05) is 43.3 Å².